The van der Waals surface area contributed by atoms with Gasteiger partial charge in [-0.15, -0.1) is 0 Å². The van der Waals surface area contributed by atoms with E-state index in [0.717, 1.165) is 5.56 Å². The Morgan fingerprint density at radius 1 is 1.16 bits per heavy atom. The highest BCUT2D eigenvalue weighted by Crippen LogP contribution is 2.37. The van der Waals surface area contributed by atoms with E-state index in [9.17, 15) is 4.79 Å². The van der Waals surface area contributed by atoms with Crippen LogP contribution in [-0.2, 0) is 11.3 Å². The SMILES string of the molecule is COc1ccc(CNC/C=C/CNC(=O)OC(C)(C)C)c(Cl)c1OC. The molecule has 0 fully saturated rings. The first-order chi connectivity index (χ1) is 11.8. The minimum Gasteiger partial charge on any atom is -0.493 e. The standard InChI is InChI=1S/C18H27ClN2O4/c1-18(2,3)25-17(22)21-11-7-6-10-20-12-13-8-9-14(23-4)16(24-5)15(13)19/h6-9,20H,10-12H2,1-5H3,(H,21,22)/b7-6+. The minimum atomic E-state index is -0.492. The highest BCUT2D eigenvalue weighted by Gasteiger charge is 2.15. The zero-order valence-corrected chi connectivity index (χ0v) is 16.2. The molecule has 0 atom stereocenters. The van der Waals surface area contributed by atoms with Gasteiger partial charge in [-0.3, -0.25) is 0 Å². The lowest BCUT2D eigenvalue weighted by Gasteiger charge is -2.19. The van der Waals surface area contributed by atoms with Gasteiger partial charge >= 0.3 is 6.09 Å². The van der Waals surface area contributed by atoms with Gasteiger partial charge in [0.2, 0.25) is 0 Å². The van der Waals surface area contributed by atoms with Crippen molar-refractivity contribution in [2.45, 2.75) is 32.9 Å². The molecule has 0 aromatic heterocycles. The van der Waals surface area contributed by atoms with E-state index in [4.69, 9.17) is 25.8 Å². The van der Waals surface area contributed by atoms with Crippen LogP contribution in [0.5, 0.6) is 11.5 Å². The van der Waals surface area contributed by atoms with Gasteiger partial charge in [0, 0.05) is 19.6 Å². The molecule has 0 heterocycles. The molecule has 0 radical (unpaired) electrons. The molecule has 140 valence electrons. The smallest absolute Gasteiger partial charge is 0.407 e. The number of methoxy groups -OCH3 is 2. The van der Waals surface area contributed by atoms with Crippen LogP contribution in [0.15, 0.2) is 24.3 Å². The van der Waals surface area contributed by atoms with Crippen molar-refractivity contribution in [3.63, 3.8) is 0 Å². The van der Waals surface area contributed by atoms with Crippen LogP contribution < -0.4 is 20.1 Å². The van der Waals surface area contributed by atoms with Crippen molar-refractivity contribution in [1.82, 2.24) is 10.6 Å². The molecule has 1 rings (SSSR count). The number of carbonyl (C=O) groups is 1. The van der Waals surface area contributed by atoms with E-state index in [1.807, 2.05) is 45.1 Å². The number of benzene rings is 1. The fraction of sp³-hybridized carbons (Fsp3) is 0.500. The molecule has 1 aromatic carbocycles. The molecule has 25 heavy (non-hydrogen) atoms. The Bertz CT molecular complexity index is 597. The lowest BCUT2D eigenvalue weighted by atomic mass is 10.2. The summed E-state index contributed by atoms with van der Waals surface area (Å²) in [6, 6.07) is 3.72. The molecule has 1 amide bonds. The Labute approximate surface area is 154 Å². The maximum atomic E-state index is 11.5. The number of hydrogen-bond donors (Lipinski definition) is 2. The number of nitrogens with one attached hydrogen (secondary N) is 2. The summed E-state index contributed by atoms with van der Waals surface area (Å²) in [5.41, 5.74) is 0.424. The molecule has 0 saturated carbocycles. The third-order valence-electron chi connectivity index (χ3n) is 3.07. The second-order valence-corrected chi connectivity index (χ2v) is 6.64. The third-order valence-corrected chi connectivity index (χ3v) is 3.49. The summed E-state index contributed by atoms with van der Waals surface area (Å²) in [6.07, 6.45) is 3.35. The zero-order chi connectivity index (χ0) is 18.9. The predicted molar refractivity (Wildman–Crippen MR) is 99.6 cm³/mol. The molecule has 0 bridgehead atoms. The quantitative estimate of drug-likeness (QED) is 0.541. The Kier molecular flexibility index (Phi) is 8.58. The molecular formula is C18H27ClN2O4. The number of rotatable bonds is 8. The summed E-state index contributed by atoms with van der Waals surface area (Å²) in [6.45, 7) is 7.11. The Morgan fingerprint density at radius 3 is 2.44 bits per heavy atom. The van der Waals surface area contributed by atoms with E-state index in [2.05, 4.69) is 10.6 Å². The van der Waals surface area contributed by atoms with Gasteiger partial charge in [-0.1, -0.05) is 29.8 Å². The molecule has 0 spiro atoms. The second-order valence-electron chi connectivity index (χ2n) is 6.26. The summed E-state index contributed by atoms with van der Waals surface area (Å²) in [5, 5.41) is 6.44. The second kappa shape index (κ2) is 10.2. The normalized spacial score (nSPS) is 11.4. The Morgan fingerprint density at radius 2 is 1.84 bits per heavy atom. The van der Waals surface area contributed by atoms with Crippen LogP contribution in [0.2, 0.25) is 5.02 Å². The summed E-state index contributed by atoms with van der Waals surface area (Å²) in [7, 11) is 3.13. The van der Waals surface area contributed by atoms with Gasteiger partial charge in [-0.25, -0.2) is 4.79 Å². The summed E-state index contributed by atoms with van der Waals surface area (Å²) in [4.78, 5) is 11.5. The van der Waals surface area contributed by atoms with E-state index in [-0.39, 0.29) is 0 Å². The lowest BCUT2D eigenvalue weighted by molar-refractivity contribution is 0.0534. The molecule has 0 aliphatic rings. The van der Waals surface area contributed by atoms with Crippen molar-refractivity contribution in [1.29, 1.82) is 0 Å². The molecular weight excluding hydrogens is 344 g/mol. The van der Waals surface area contributed by atoms with Gasteiger partial charge in [0.25, 0.3) is 0 Å². The van der Waals surface area contributed by atoms with Gasteiger partial charge in [0.05, 0.1) is 19.2 Å². The molecule has 1 aromatic rings. The van der Waals surface area contributed by atoms with Crippen molar-refractivity contribution in [2.75, 3.05) is 27.3 Å². The number of ether oxygens (including phenoxy) is 3. The average molecular weight is 371 g/mol. The van der Waals surface area contributed by atoms with Crippen molar-refractivity contribution in [2.24, 2.45) is 0 Å². The van der Waals surface area contributed by atoms with Crippen molar-refractivity contribution < 1.29 is 19.0 Å². The van der Waals surface area contributed by atoms with Crippen LogP contribution in [-0.4, -0.2) is 39.0 Å². The van der Waals surface area contributed by atoms with E-state index in [1.54, 1.807) is 14.2 Å². The maximum Gasteiger partial charge on any atom is 0.407 e. The average Bonchev–Trinajstić information content (AvgIpc) is 2.53. The minimum absolute atomic E-state index is 0.410. The molecule has 6 nitrogen and oxygen atoms in total. The summed E-state index contributed by atoms with van der Waals surface area (Å²) in [5.74, 6) is 1.13. The molecule has 0 saturated heterocycles. The van der Waals surface area contributed by atoms with Gasteiger partial charge in [-0.2, -0.15) is 0 Å². The van der Waals surface area contributed by atoms with Gasteiger partial charge < -0.3 is 24.8 Å². The molecule has 2 N–H and O–H groups in total. The fourth-order valence-electron chi connectivity index (χ4n) is 1.98. The Hall–Kier alpha value is -1.92. The van der Waals surface area contributed by atoms with Crippen molar-refractivity contribution in [3.8, 4) is 11.5 Å². The van der Waals surface area contributed by atoms with Gasteiger partial charge in [-0.05, 0) is 32.4 Å². The summed E-state index contributed by atoms with van der Waals surface area (Å²) < 4.78 is 15.6. The number of carbonyl (C=O) groups excluding carboxylic acids is 1. The fourth-order valence-corrected chi connectivity index (χ4v) is 2.28. The van der Waals surface area contributed by atoms with Crippen molar-refractivity contribution >= 4 is 17.7 Å². The number of alkyl carbamates (subject to hydrolysis) is 1. The van der Waals surface area contributed by atoms with E-state index >= 15 is 0 Å². The highest BCUT2D eigenvalue weighted by atomic mass is 35.5. The maximum absolute atomic E-state index is 11.5. The van der Waals surface area contributed by atoms with Crippen LogP contribution in [0.4, 0.5) is 4.79 Å². The summed E-state index contributed by atoms with van der Waals surface area (Å²) >= 11 is 6.32. The molecule has 7 heteroatoms. The van der Waals surface area contributed by atoms with Crippen LogP contribution in [0, 0.1) is 0 Å². The molecule has 0 aliphatic heterocycles. The van der Waals surface area contributed by atoms with Crippen LogP contribution >= 0.6 is 11.6 Å². The van der Waals surface area contributed by atoms with E-state index in [0.29, 0.717) is 36.2 Å². The van der Waals surface area contributed by atoms with Crippen LogP contribution in [0.1, 0.15) is 26.3 Å². The van der Waals surface area contributed by atoms with Crippen LogP contribution in [0.3, 0.4) is 0 Å². The number of hydrogen-bond acceptors (Lipinski definition) is 5. The third kappa shape index (κ3) is 7.67. The van der Waals surface area contributed by atoms with Crippen LogP contribution in [0.25, 0.3) is 0 Å². The monoisotopic (exact) mass is 370 g/mol. The van der Waals surface area contributed by atoms with E-state index in [1.165, 1.54) is 0 Å². The topological polar surface area (TPSA) is 68.8 Å². The predicted octanol–water partition coefficient (Wildman–Crippen LogP) is 3.53. The van der Waals surface area contributed by atoms with Gasteiger partial charge in [0.15, 0.2) is 11.5 Å². The Balaban J connectivity index is 2.35. The molecule has 0 aliphatic carbocycles. The zero-order valence-electron chi connectivity index (χ0n) is 15.4. The number of amides is 1. The first kappa shape index (κ1) is 21.1. The van der Waals surface area contributed by atoms with Crippen molar-refractivity contribution in [3.05, 3.63) is 34.9 Å². The lowest BCUT2D eigenvalue weighted by Crippen LogP contribution is -2.32. The van der Waals surface area contributed by atoms with Gasteiger partial charge in [0.1, 0.15) is 5.60 Å². The van der Waals surface area contributed by atoms with E-state index < -0.39 is 11.7 Å². The number of halogens is 1. The molecule has 0 unspecified atom stereocenters. The largest absolute Gasteiger partial charge is 0.493 e. The first-order valence-corrected chi connectivity index (χ1v) is 8.38. The first-order valence-electron chi connectivity index (χ1n) is 8.00. The highest BCUT2D eigenvalue weighted by molar-refractivity contribution is 6.33.